The van der Waals surface area contributed by atoms with Crippen molar-refractivity contribution in [2.45, 2.75) is 87.8 Å². The number of rotatable bonds is 11. The molecule has 11 heteroatoms. The fourth-order valence-electron chi connectivity index (χ4n) is 3.63. The van der Waals surface area contributed by atoms with Crippen LogP contribution in [0.3, 0.4) is 0 Å². The number of ether oxygens (including phenoxy) is 2. The van der Waals surface area contributed by atoms with Gasteiger partial charge in [-0.15, -0.1) is 0 Å². The van der Waals surface area contributed by atoms with Crippen LogP contribution in [-0.4, -0.2) is 55.5 Å². The van der Waals surface area contributed by atoms with Crippen molar-refractivity contribution in [1.29, 1.82) is 0 Å². The first kappa shape index (κ1) is 25.2. The summed E-state index contributed by atoms with van der Waals surface area (Å²) < 4.78 is 77.0. The van der Waals surface area contributed by atoms with Gasteiger partial charge in [-0.25, -0.2) is 8.42 Å². The zero-order valence-electron chi connectivity index (χ0n) is 18.4. The number of alkyl halides is 3. The second-order valence-corrected chi connectivity index (χ2v) is 11.9. The lowest BCUT2D eigenvalue weighted by atomic mass is 10.0. The average molecular weight is 482 g/mol. The molecule has 0 bridgehead atoms. The molecule has 2 heterocycles. The molecule has 0 spiro atoms. The van der Waals surface area contributed by atoms with Gasteiger partial charge in [0.05, 0.1) is 24.5 Å². The summed E-state index contributed by atoms with van der Waals surface area (Å²) in [6, 6.07) is 1.64. The van der Waals surface area contributed by atoms with E-state index in [1.54, 1.807) is 6.07 Å². The Morgan fingerprint density at radius 2 is 2.00 bits per heavy atom. The summed E-state index contributed by atoms with van der Waals surface area (Å²) in [5, 5.41) is 4.07. The summed E-state index contributed by atoms with van der Waals surface area (Å²) in [5.41, 5.74) is 0.368. The van der Waals surface area contributed by atoms with Gasteiger partial charge in [0.2, 0.25) is 0 Å². The van der Waals surface area contributed by atoms with Gasteiger partial charge in [-0.05, 0) is 52.4 Å². The number of aromatic nitrogens is 1. The topological polar surface area (TPSA) is 95.7 Å². The van der Waals surface area contributed by atoms with E-state index in [-0.39, 0.29) is 23.9 Å². The van der Waals surface area contributed by atoms with Crippen LogP contribution < -0.4 is 0 Å². The third kappa shape index (κ3) is 6.11. The largest absolute Gasteiger partial charge is 0.389 e. The number of carbonyl (C=O) groups is 1. The second-order valence-electron chi connectivity index (χ2n) is 9.21. The molecule has 3 rings (SSSR count). The summed E-state index contributed by atoms with van der Waals surface area (Å²) in [5.74, 6) is -1.14. The zero-order chi connectivity index (χ0) is 23.6. The minimum Gasteiger partial charge on any atom is -0.361 e. The Bertz CT molecular complexity index is 899. The number of sulfone groups is 1. The maximum absolute atomic E-state index is 12.7. The van der Waals surface area contributed by atoms with E-state index in [0.29, 0.717) is 18.9 Å². The van der Waals surface area contributed by atoms with Crippen molar-refractivity contribution in [3.05, 3.63) is 17.5 Å². The van der Waals surface area contributed by atoms with E-state index in [2.05, 4.69) is 5.16 Å². The number of Topliss-reactive ketones (excluding diaryl/α,β-unsaturated/α-hetero) is 1. The molecule has 1 unspecified atom stereocenters. The minimum absolute atomic E-state index is 0.225. The first-order chi connectivity index (χ1) is 14.8. The predicted molar refractivity (Wildman–Crippen MR) is 109 cm³/mol. The van der Waals surface area contributed by atoms with Crippen LogP contribution in [0.1, 0.15) is 70.2 Å². The zero-order valence-corrected chi connectivity index (χ0v) is 19.2. The van der Waals surface area contributed by atoms with Crippen molar-refractivity contribution >= 4 is 15.6 Å². The van der Waals surface area contributed by atoms with Gasteiger partial charge in [-0.2, -0.15) is 13.2 Å². The molecule has 1 aromatic heterocycles. The smallest absolute Gasteiger partial charge is 0.361 e. The second kappa shape index (κ2) is 9.42. The van der Waals surface area contributed by atoms with Gasteiger partial charge in [-0.3, -0.25) is 4.79 Å². The van der Waals surface area contributed by atoms with Gasteiger partial charge < -0.3 is 14.0 Å². The number of carbonyl (C=O) groups excluding carboxylic acids is 1. The normalized spacial score (nSPS) is 21.5. The van der Waals surface area contributed by atoms with E-state index in [1.807, 2.05) is 0 Å². The third-order valence-corrected chi connectivity index (χ3v) is 8.91. The summed E-state index contributed by atoms with van der Waals surface area (Å²) >= 11 is 0. The van der Waals surface area contributed by atoms with Crippen LogP contribution >= 0.6 is 0 Å². The van der Waals surface area contributed by atoms with Crippen molar-refractivity contribution in [3.63, 3.8) is 0 Å². The molecule has 1 saturated carbocycles. The van der Waals surface area contributed by atoms with E-state index in [0.717, 1.165) is 32.1 Å². The van der Waals surface area contributed by atoms with Gasteiger partial charge in [0.1, 0.15) is 10.5 Å². The van der Waals surface area contributed by atoms with Crippen LogP contribution in [-0.2, 0) is 35.9 Å². The van der Waals surface area contributed by atoms with Crippen molar-refractivity contribution in [1.82, 2.24) is 5.16 Å². The first-order valence-electron chi connectivity index (χ1n) is 10.9. The molecule has 1 aromatic rings. The van der Waals surface area contributed by atoms with Crippen molar-refractivity contribution in [3.8, 4) is 0 Å². The van der Waals surface area contributed by atoms with Crippen molar-refractivity contribution < 1.29 is 40.4 Å². The average Bonchev–Trinajstić information content (AvgIpc) is 3.36. The minimum atomic E-state index is -4.44. The molecule has 0 N–H and O–H groups in total. The molecular weight excluding hydrogens is 451 g/mol. The summed E-state index contributed by atoms with van der Waals surface area (Å²) in [7, 11) is -4.08. The molecule has 1 aliphatic heterocycles. The van der Waals surface area contributed by atoms with E-state index < -0.39 is 45.1 Å². The molecular formula is C21H30F3NO6S. The Morgan fingerprint density at radius 1 is 1.28 bits per heavy atom. The Morgan fingerprint density at radius 3 is 2.59 bits per heavy atom. The number of hydrogen-bond acceptors (Lipinski definition) is 7. The standard InChI is InChI=1S/C21H30F3NO6S/c1-19(2,32(27,28)11-5-7-21(22,23)24)17(26)13-15-12-16(25-31-15)20(8-9-20)14-30-18-6-3-4-10-29-18/h12,18H,3-11,13-14H2,1-2H3. The number of ketones is 1. The van der Waals surface area contributed by atoms with Gasteiger partial charge in [0, 0.05) is 24.5 Å². The third-order valence-electron chi connectivity index (χ3n) is 6.30. The molecule has 1 aliphatic carbocycles. The Kier molecular flexibility index (Phi) is 7.41. The lowest BCUT2D eigenvalue weighted by molar-refractivity contribution is -0.166. The Hall–Kier alpha value is -1.46. The highest BCUT2D eigenvalue weighted by Crippen LogP contribution is 2.48. The highest BCUT2D eigenvalue weighted by molar-refractivity contribution is 7.93. The van der Waals surface area contributed by atoms with Gasteiger partial charge in [0.15, 0.2) is 21.9 Å². The van der Waals surface area contributed by atoms with Gasteiger partial charge in [0.25, 0.3) is 0 Å². The van der Waals surface area contributed by atoms with E-state index in [1.165, 1.54) is 13.8 Å². The molecule has 2 fully saturated rings. The van der Waals surface area contributed by atoms with Gasteiger partial charge in [-0.1, -0.05) is 5.16 Å². The summed E-state index contributed by atoms with van der Waals surface area (Å²) in [4.78, 5) is 12.7. The highest BCUT2D eigenvalue weighted by Gasteiger charge is 2.48. The van der Waals surface area contributed by atoms with Crippen LogP contribution in [0.15, 0.2) is 10.6 Å². The molecule has 0 aromatic carbocycles. The number of nitrogens with zero attached hydrogens (tertiary/aromatic N) is 1. The molecule has 1 saturated heterocycles. The van der Waals surface area contributed by atoms with Gasteiger partial charge >= 0.3 is 6.18 Å². The lowest BCUT2D eigenvalue weighted by Crippen LogP contribution is -2.43. The number of hydrogen-bond donors (Lipinski definition) is 0. The first-order valence-corrected chi connectivity index (χ1v) is 12.5. The van der Waals surface area contributed by atoms with Crippen LogP contribution in [0.2, 0.25) is 0 Å². The maximum atomic E-state index is 12.7. The maximum Gasteiger partial charge on any atom is 0.389 e. The predicted octanol–water partition coefficient (Wildman–Crippen LogP) is 3.90. The molecule has 2 aliphatic rings. The summed E-state index contributed by atoms with van der Waals surface area (Å²) in [6.45, 7) is 3.55. The molecule has 0 amide bonds. The Labute approximate surface area is 185 Å². The molecule has 32 heavy (non-hydrogen) atoms. The van der Waals surface area contributed by atoms with Crippen LogP contribution in [0.5, 0.6) is 0 Å². The summed E-state index contributed by atoms with van der Waals surface area (Å²) in [6.07, 6.45) is -2.11. The van der Waals surface area contributed by atoms with Crippen LogP contribution in [0.25, 0.3) is 0 Å². The quantitative estimate of drug-likeness (QED) is 0.473. The van der Waals surface area contributed by atoms with Crippen molar-refractivity contribution in [2.24, 2.45) is 0 Å². The number of halogens is 3. The fourth-order valence-corrected chi connectivity index (χ4v) is 5.08. The van der Waals surface area contributed by atoms with Crippen molar-refractivity contribution in [2.75, 3.05) is 19.0 Å². The van der Waals surface area contributed by atoms with E-state index in [9.17, 15) is 26.4 Å². The SMILES string of the molecule is CC(C)(C(=O)Cc1cc(C2(COC3CCCCO3)CC2)no1)S(=O)(=O)CCCC(F)(F)F. The monoisotopic (exact) mass is 481 g/mol. The lowest BCUT2D eigenvalue weighted by Gasteiger charge is -2.24. The molecule has 0 radical (unpaired) electrons. The van der Waals surface area contributed by atoms with E-state index >= 15 is 0 Å². The molecule has 7 nitrogen and oxygen atoms in total. The molecule has 182 valence electrons. The van der Waals surface area contributed by atoms with Crippen LogP contribution in [0, 0.1) is 0 Å². The fraction of sp³-hybridized carbons (Fsp3) is 0.810. The van der Waals surface area contributed by atoms with E-state index in [4.69, 9.17) is 14.0 Å². The Balaban J connectivity index is 1.57. The molecule has 1 atom stereocenters. The highest BCUT2D eigenvalue weighted by atomic mass is 32.2. The van der Waals surface area contributed by atoms with Crippen LogP contribution in [0.4, 0.5) is 13.2 Å².